The van der Waals surface area contributed by atoms with Gasteiger partial charge in [0, 0.05) is 72.8 Å². The number of aryl methyl sites for hydroxylation is 3. The number of ether oxygens (including phenoxy) is 1. The molecule has 3 aliphatic carbocycles. The SMILES string of the molecule is CC(C)c1cc(-c2ccc(F)cc2-c2nncn2CCn2cnnc2-c2cnn(C)c2-c2cc(C3CC3)nc(N3Cc4c(cc(COCC5(O)CCC5)cc4C(F)(F)F)C3=O)c2)cc(N2Cc3ccc(CNCC4(O)CCC4)cc3C2=O)n1. The van der Waals surface area contributed by atoms with Crippen LogP contribution in [0.3, 0.4) is 0 Å². The quantitative estimate of drug-likeness (QED) is 0.0646. The second-order valence-electron chi connectivity index (χ2n) is 23.3. The third-order valence-corrected chi connectivity index (χ3v) is 17.0. The number of benzene rings is 3. The smallest absolute Gasteiger partial charge is 0.389 e. The van der Waals surface area contributed by atoms with E-state index in [1.165, 1.54) is 23.1 Å². The molecule has 428 valence electrons. The molecule has 22 heteroatoms. The molecule has 2 amide bonds. The first-order valence-electron chi connectivity index (χ1n) is 28.2. The molecular formula is C61H61F4N13O5. The van der Waals surface area contributed by atoms with Crippen LogP contribution in [0.2, 0.25) is 0 Å². The van der Waals surface area contributed by atoms with Crippen molar-refractivity contribution in [3.05, 3.63) is 148 Å². The van der Waals surface area contributed by atoms with Gasteiger partial charge in [-0.3, -0.25) is 24.1 Å². The van der Waals surface area contributed by atoms with Gasteiger partial charge in [-0.2, -0.15) is 18.3 Å². The summed E-state index contributed by atoms with van der Waals surface area (Å²) >= 11 is 0. The maximum atomic E-state index is 15.5. The van der Waals surface area contributed by atoms with Crippen LogP contribution in [0, 0.1) is 5.82 Å². The Kier molecular flexibility index (Phi) is 13.7. The Labute approximate surface area is 475 Å². The van der Waals surface area contributed by atoms with Crippen LogP contribution in [0.5, 0.6) is 0 Å². The van der Waals surface area contributed by atoms with E-state index in [0.29, 0.717) is 101 Å². The number of fused-ring (bicyclic) bond motifs is 2. The summed E-state index contributed by atoms with van der Waals surface area (Å²) in [5.74, 6) is 0.311. The summed E-state index contributed by atoms with van der Waals surface area (Å²) in [6.45, 7) is 5.42. The molecular weight excluding hydrogens is 1070 g/mol. The average molecular weight is 1130 g/mol. The molecule has 0 unspecified atom stereocenters. The van der Waals surface area contributed by atoms with Crippen LogP contribution in [0.15, 0.2) is 91.6 Å². The fourth-order valence-electron chi connectivity index (χ4n) is 11.8. The summed E-state index contributed by atoms with van der Waals surface area (Å²) in [6, 6.07) is 20.3. The maximum absolute atomic E-state index is 15.5. The zero-order valence-corrected chi connectivity index (χ0v) is 46.1. The van der Waals surface area contributed by atoms with Crippen molar-refractivity contribution in [2.75, 3.05) is 23.0 Å². The molecule has 3 fully saturated rings. The van der Waals surface area contributed by atoms with Gasteiger partial charge in [0.1, 0.15) is 30.1 Å². The molecule has 7 heterocycles. The van der Waals surface area contributed by atoms with E-state index in [1.807, 2.05) is 59.4 Å². The Morgan fingerprint density at radius 1 is 0.735 bits per heavy atom. The number of rotatable bonds is 19. The minimum absolute atomic E-state index is 0.00952. The van der Waals surface area contributed by atoms with Crippen molar-refractivity contribution in [3.63, 3.8) is 0 Å². The van der Waals surface area contributed by atoms with Crippen molar-refractivity contribution in [3.8, 4) is 45.2 Å². The van der Waals surface area contributed by atoms with E-state index in [2.05, 4.69) is 30.8 Å². The number of carbonyl (C=O) groups excluding carboxylic acids is 2. The van der Waals surface area contributed by atoms with E-state index >= 15 is 4.39 Å². The van der Waals surface area contributed by atoms with Crippen LogP contribution in [-0.2, 0) is 57.3 Å². The Bertz CT molecular complexity index is 3860. The van der Waals surface area contributed by atoms with Crippen LogP contribution >= 0.6 is 0 Å². The lowest BCUT2D eigenvalue weighted by atomic mass is 9.80. The molecule has 0 saturated heterocycles. The number of carbonyl (C=O) groups is 2. The van der Waals surface area contributed by atoms with E-state index in [-0.39, 0.29) is 66.6 Å². The zero-order valence-electron chi connectivity index (χ0n) is 46.1. The minimum atomic E-state index is -4.75. The predicted molar refractivity (Wildman–Crippen MR) is 298 cm³/mol. The summed E-state index contributed by atoms with van der Waals surface area (Å²) in [4.78, 5) is 41.4. The van der Waals surface area contributed by atoms with E-state index in [0.717, 1.165) is 61.4 Å². The van der Waals surface area contributed by atoms with E-state index in [4.69, 9.17) is 14.7 Å². The van der Waals surface area contributed by atoms with Crippen molar-refractivity contribution in [2.24, 2.45) is 7.05 Å². The first-order valence-corrected chi connectivity index (χ1v) is 28.2. The summed E-state index contributed by atoms with van der Waals surface area (Å²) in [5, 5.41) is 46.7. The second kappa shape index (κ2) is 21.0. The number of aliphatic hydroxyl groups is 2. The molecule has 0 spiro atoms. The maximum Gasteiger partial charge on any atom is 0.416 e. The zero-order chi connectivity index (χ0) is 57.5. The van der Waals surface area contributed by atoms with Crippen molar-refractivity contribution in [2.45, 2.75) is 134 Å². The summed E-state index contributed by atoms with van der Waals surface area (Å²) in [7, 11) is 1.77. The van der Waals surface area contributed by atoms with Gasteiger partial charge in [0.2, 0.25) is 0 Å². The van der Waals surface area contributed by atoms with Crippen LogP contribution in [0.4, 0.5) is 29.2 Å². The highest BCUT2D eigenvalue weighted by molar-refractivity contribution is 6.11. The number of amides is 2. The lowest BCUT2D eigenvalue weighted by molar-refractivity contribution is -0.138. The molecule has 3 aromatic carbocycles. The van der Waals surface area contributed by atoms with Gasteiger partial charge in [-0.1, -0.05) is 32.0 Å². The van der Waals surface area contributed by atoms with Gasteiger partial charge in [0.15, 0.2) is 11.6 Å². The normalized spacial score (nSPS) is 17.1. The largest absolute Gasteiger partial charge is 0.416 e. The molecule has 8 aromatic rings. The monoisotopic (exact) mass is 1130 g/mol. The number of anilines is 2. The first kappa shape index (κ1) is 54.2. The van der Waals surface area contributed by atoms with Crippen LogP contribution in [-0.4, -0.2) is 95.7 Å². The lowest BCUT2D eigenvalue weighted by Gasteiger charge is -2.36. The Balaban J connectivity index is 0.762. The van der Waals surface area contributed by atoms with Crippen molar-refractivity contribution >= 4 is 23.5 Å². The number of halogens is 4. The van der Waals surface area contributed by atoms with Crippen LogP contribution in [0.25, 0.3) is 45.2 Å². The van der Waals surface area contributed by atoms with E-state index in [9.17, 15) is 33.0 Å². The molecule has 13 rings (SSSR count). The van der Waals surface area contributed by atoms with Gasteiger partial charge >= 0.3 is 6.18 Å². The minimum Gasteiger partial charge on any atom is -0.389 e. The lowest BCUT2D eigenvalue weighted by Crippen LogP contribution is -2.45. The van der Waals surface area contributed by atoms with Gasteiger partial charge < -0.3 is 29.4 Å². The summed E-state index contributed by atoms with van der Waals surface area (Å²) < 4.78 is 70.9. The Morgan fingerprint density at radius 2 is 1.41 bits per heavy atom. The second-order valence-corrected chi connectivity index (χ2v) is 23.3. The van der Waals surface area contributed by atoms with E-state index in [1.54, 1.807) is 47.6 Å². The number of hydrogen-bond acceptors (Lipinski definition) is 13. The highest BCUT2D eigenvalue weighted by atomic mass is 19.4. The standard InChI is InChI=1S/C61H61F4N13O5/c1-35(2)50-21-40(23-52(70-50)77-28-39-7-6-36(18-44(39)57(77)79)26-66-31-59(81)12-4-13-59)43-11-10-42(62)25-45(43)55-72-67-33-75(55)16-17-76-34-68-73-56(76)47-27-69-74(3)54(47)41-22-51(38-8-9-38)71-53(24-41)78-29-48-46(58(78)80)19-37(20-49(48)61(63,64)65)30-83-32-60(82)14-5-15-60/h6-7,10-11,18-25,27,33-35,38,66,81-82H,4-5,8-9,12-17,26,28-32H2,1-3H3. The molecule has 2 aliphatic heterocycles. The molecule has 0 atom stereocenters. The number of hydrogen-bond donors (Lipinski definition) is 3. The number of aromatic nitrogens is 10. The molecule has 3 saturated carbocycles. The fourth-order valence-corrected chi connectivity index (χ4v) is 11.8. The third-order valence-electron chi connectivity index (χ3n) is 17.0. The predicted octanol–water partition coefficient (Wildman–Crippen LogP) is 9.68. The van der Waals surface area contributed by atoms with Crippen molar-refractivity contribution < 1.29 is 42.1 Å². The van der Waals surface area contributed by atoms with Crippen LogP contribution < -0.4 is 15.1 Å². The van der Waals surface area contributed by atoms with Crippen molar-refractivity contribution in [1.29, 1.82) is 0 Å². The Morgan fingerprint density at radius 3 is 2.10 bits per heavy atom. The van der Waals surface area contributed by atoms with Crippen molar-refractivity contribution in [1.82, 2.24) is 54.6 Å². The summed E-state index contributed by atoms with van der Waals surface area (Å²) in [5.41, 5.74) is 4.92. The van der Waals surface area contributed by atoms with Gasteiger partial charge in [-0.05, 0) is 145 Å². The molecule has 18 nitrogen and oxygen atoms in total. The fraction of sp³-hybridized carbons (Fsp3) is 0.393. The molecule has 5 aliphatic rings. The van der Waals surface area contributed by atoms with Crippen LogP contribution in [0.1, 0.15) is 137 Å². The molecule has 0 bridgehead atoms. The number of nitrogens with one attached hydrogen (secondary N) is 1. The van der Waals surface area contributed by atoms with Gasteiger partial charge in [-0.15, -0.1) is 20.4 Å². The summed E-state index contributed by atoms with van der Waals surface area (Å²) in [6.07, 6.45) is 6.36. The number of pyridine rings is 2. The topological polar surface area (TPSA) is 207 Å². The van der Waals surface area contributed by atoms with E-state index < -0.39 is 34.7 Å². The van der Waals surface area contributed by atoms with Gasteiger partial charge in [0.25, 0.3) is 11.8 Å². The highest BCUT2D eigenvalue weighted by Gasteiger charge is 2.42. The third kappa shape index (κ3) is 10.5. The van der Waals surface area contributed by atoms with Gasteiger partial charge in [0.05, 0.1) is 60.5 Å². The molecule has 0 radical (unpaired) electrons. The van der Waals surface area contributed by atoms with Gasteiger partial charge in [-0.25, -0.2) is 14.4 Å². The highest BCUT2D eigenvalue weighted by Crippen LogP contribution is 2.45. The number of alkyl halides is 3. The Hall–Kier alpha value is -8.05. The number of nitrogens with zero attached hydrogens (tertiary/aromatic N) is 12. The average Bonchev–Trinajstić information content (AvgIpc) is 3.46. The molecule has 5 aromatic heterocycles. The molecule has 3 N–H and O–H groups in total. The first-order chi connectivity index (χ1) is 39.9. The molecule has 83 heavy (non-hydrogen) atoms.